The van der Waals surface area contributed by atoms with Gasteiger partial charge in [0.15, 0.2) is 0 Å². The Kier molecular flexibility index (Phi) is 28.3. The summed E-state index contributed by atoms with van der Waals surface area (Å²) in [5, 5.41) is 18.7. The predicted molar refractivity (Wildman–Crippen MR) is 253 cm³/mol. The van der Waals surface area contributed by atoms with Crippen LogP contribution in [0.5, 0.6) is 0 Å². The molecule has 0 radical (unpaired) electrons. The van der Waals surface area contributed by atoms with Gasteiger partial charge in [0.1, 0.15) is 5.60 Å². The molecule has 1 fully saturated rings. The fraction of sp³-hybridized carbons (Fsp3) is 0.812. The average molecular weight is 936 g/mol. The standard InChI is InChI=1S/C48H85N7O11/c1-7-9-28-64-41-37-16-13-17-38(41)44(57)51-23-25-55(27-30-62-33-34-63-32-31-61-6)26-24-52-45(58)39-18-14-19-40(42(39)65-29-10-8-2)46(59)54-36(35-49-21-22-50-43(37)56)15-11-12-20-53-47(60)66-48(3,4)5/h16,19,36,38-39,41-42,49H,7-15,17-18,20-35H2,1-6H3,(H,50,56)(H,51,57)(H,52,58)(H,53,60)(H,54,59)/t36?,38-,39+,41?,42?/m1/s1. The van der Waals surface area contributed by atoms with Crippen LogP contribution in [0.3, 0.4) is 0 Å². The van der Waals surface area contributed by atoms with E-state index >= 15 is 0 Å². The van der Waals surface area contributed by atoms with E-state index in [1.54, 1.807) is 7.11 Å². The number of carbonyl (C=O) groups is 5. The Morgan fingerprint density at radius 1 is 0.712 bits per heavy atom. The number of unbranched alkanes of at least 4 members (excludes halogenated alkanes) is 3. The third-order valence-corrected chi connectivity index (χ3v) is 11.6. The number of nitrogens with one attached hydrogen (secondary N) is 6. The fourth-order valence-corrected chi connectivity index (χ4v) is 7.99. The molecule has 18 heteroatoms. The van der Waals surface area contributed by atoms with Crippen molar-refractivity contribution in [3.05, 3.63) is 23.3 Å². The normalized spacial score (nSPS) is 23.6. The van der Waals surface area contributed by atoms with Crippen molar-refractivity contribution in [3.8, 4) is 0 Å². The molecule has 3 aliphatic rings. The first-order chi connectivity index (χ1) is 31.9. The van der Waals surface area contributed by atoms with Crippen LogP contribution in [0, 0.1) is 11.8 Å². The summed E-state index contributed by atoms with van der Waals surface area (Å²) < 4.78 is 34.5. The van der Waals surface area contributed by atoms with Gasteiger partial charge in [-0.1, -0.05) is 38.8 Å². The highest BCUT2D eigenvalue weighted by Crippen LogP contribution is 2.30. The highest BCUT2D eigenvalue weighted by atomic mass is 16.6. The van der Waals surface area contributed by atoms with Gasteiger partial charge in [0.25, 0.3) is 0 Å². The molecule has 0 aromatic heterocycles. The zero-order valence-electron chi connectivity index (χ0n) is 41.1. The molecule has 3 rings (SSSR count). The zero-order valence-corrected chi connectivity index (χ0v) is 41.1. The maximum atomic E-state index is 14.2. The van der Waals surface area contributed by atoms with E-state index in [1.807, 2.05) is 32.9 Å². The largest absolute Gasteiger partial charge is 0.444 e. The van der Waals surface area contributed by atoms with E-state index in [0.29, 0.717) is 161 Å². The summed E-state index contributed by atoms with van der Waals surface area (Å²) in [6, 6.07) is -0.304. The van der Waals surface area contributed by atoms with Crippen molar-refractivity contribution in [1.29, 1.82) is 0 Å². The summed E-state index contributed by atoms with van der Waals surface area (Å²) in [5.74, 6) is -1.97. The highest BCUT2D eigenvalue weighted by molar-refractivity contribution is 5.97. The molecule has 4 bridgehead atoms. The number of carbonyl (C=O) groups excluding carboxylic acids is 5. The van der Waals surface area contributed by atoms with Crippen LogP contribution < -0.4 is 31.9 Å². The first-order valence-corrected chi connectivity index (χ1v) is 24.7. The molecular weight excluding hydrogens is 851 g/mol. The number of fused-ring (bicyclic) bond motifs is 4. The number of methoxy groups -OCH3 is 1. The van der Waals surface area contributed by atoms with E-state index in [-0.39, 0.29) is 29.7 Å². The van der Waals surface area contributed by atoms with Crippen molar-refractivity contribution >= 4 is 29.7 Å². The minimum Gasteiger partial charge on any atom is -0.444 e. The number of amides is 5. The molecule has 0 aromatic rings. The van der Waals surface area contributed by atoms with Gasteiger partial charge >= 0.3 is 6.09 Å². The molecule has 0 saturated carbocycles. The number of nitrogens with zero attached hydrogens (tertiary/aromatic N) is 1. The van der Waals surface area contributed by atoms with Crippen molar-refractivity contribution in [2.45, 2.75) is 129 Å². The fourth-order valence-electron chi connectivity index (χ4n) is 7.99. The van der Waals surface area contributed by atoms with Crippen LogP contribution in [-0.4, -0.2) is 171 Å². The van der Waals surface area contributed by atoms with Gasteiger partial charge < -0.3 is 60.3 Å². The van der Waals surface area contributed by atoms with Crippen LogP contribution in [-0.2, 0) is 47.6 Å². The van der Waals surface area contributed by atoms with Crippen LogP contribution in [0.4, 0.5) is 4.79 Å². The Hall–Kier alpha value is -3.65. The molecule has 5 amide bonds. The monoisotopic (exact) mass is 936 g/mol. The zero-order chi connectivity index (χ0) is 48.0. The molecular formula is C48H85N7O11. The van der Waals surface area contributed by atoms with Gasteiger partial charge in [0.05, 0.1) is 57.1 Å². The Bertz CT molecular complexity index is 1510. The topological polar surface area (TPSA) is 216 Å². The van der Waals surface area contributed by atoms with Gasteiger partial charge in [0.2, 0.25) is 23.6 Å². The molecule has 6 N–H and O–H groups in total. The minimum absolute atomic E-state index is 0.160. The number of hydrogen-bond acceptors (Lipinski definition) is 13. The van der Waals surface area contributed by atoms with Crippen LogP contribution in [0.15, 0.2) is 23.3 Å². The third kappa shape index (κ3) is 22.4. The quantitative estimate of drug-likeness (QED) is 0.0863. The number of ether oxygens (including phenoxy) is 6. The summed E-state index contributed by atoms with van der Waals surface area (Å²) in [4.78, 5) is 70.2. The maximum absolute atomic E-state index is 14.2. The summed E-state index contributed by atoms with van der Waals surface area (Å²) in [6.45, 7) is 16.5. The molecule has 66 heavy (non-hydrogen) atoms. The van der Waals surface area contributed by atoms with Crippen molar-refractivity contribution in [3.63, 3.8) is 0 Å². The number of allylic oxidation sites excluding steroid dienone is 2. The Balaban J connectivity index is 1.82. The van der Waals surface area contributed by atoms with E-state index in [2.05, 4.69) is 50.6 Å². The number of alkyl carbamates (subject to hydrolysis) is 1. The SMILES string of the molecule is CCCCOC1C2=CCC[C@@H]1C(=O)NCCN(CCOCCOCCOC)CCNC(=O)[C@@H]1CCC=C(C(=O)NCCNCC(CCCCNC(=O)OC(C)(C)C)NC2=O)C1OCCCC. The van der Waals surface area contributed by atoms with Crippen LogP contribution in [0.1, 0.15) is 105 Å². The molecule has 2 aliphatic carbocycles. The van der Waals surface area contributed by atoms with Crippen molar-refractivity contribution in [2.75, 3.05) is 112 Å². The van der Waals surface area contributed by atoms with Crippen LogP contribution in [0.2, 0.25) is 0 Å². The lowest BCUT2D eigenvalue weighted by Crippen LogP contribution is -2.50. The van der Waals surface area contributed by atoms with Crippen LogP contribution in [0.25, 0.3) is 0 Å². The summed E-state index contributed by atoms with van der Waals surface area (Å²) in [7, 11) is 1.63. The maximum Gasteiger partial charge on any atom is 0.407 e. The predicted octanol–water partition coefficient (Wildman–Crippen LogP) is 3.14. The number of rotatable bonds is 22. The van der Waals surface area contributed by atoms with Crippen molar-refractivity contribution in [2.24, 2.45) is 11.8 Å². The van der Waals surface area contributed by atoms with E-state index in [0.717, 1.165) is 25.7 Å². The first-order valence-electron chi connectivity index (χ1n) is 24.7. The molecule has 1 aliphatic heterocycles. The Morgan fingerprint density at radius 3 is 1.86 bits per heavy atom. The molecule has 0 aromatic carbocycles. The van der Waals surface area contributed by atoms with E-state index in [1.165, 1.54) is 0 Å². The average Bonchev–Trinajstić information content (AvgIpc) is 3.28. The van der Waals surface area contributed by atoms with Crippen molar-refractivity contribution < 1.29 is 52.4 Å². The van der Waals surface area contributed by atoms with Crippen molar-refractivity contribution in [1.82, 2.24) is 36.8 Å². The van der Waals surface area contributed by atoms with Gasteiger partial charge in [-0.25, -0.2) is 4.79 Å². The Morgan fingerprint density at radius 2 is 1.29 bits per heavy atom. The number of hydrogen-bond donors (Lipinski definition) is 6. The van der Waals surface area contributed by atoms with Gasteiger partial charge in [-0.3, -0.25) is 24.1 Å². The molecule has 1 saturated heterocycles. The smallest absolute Gasteiger partial charge is 0.407 e. The third-order valence-electron chi connectivity index (χ3n) is 11.6. The lowest BCUT2D eigenvalue weighted by Gasteiger charge is -2.33. The highest BCUT2D eigenvalue weighted by Gasteiger charge is 2.38. The second-order valence-corrected chi connectivity index (χ2v) is 18.2. The van der Waals surface area contributed by atoms with Gasteiger partial charge in [-0.05, 0) is 78.6 Å². The molecule has 1 heterocycles. The second-order valence-electron chi connectivity index (χ2n) is 18.2. The first kappa shape index (κ1) is 56.7. The van der Waals surface area contributed by atoms with Gasteiger partial charge in [0, 0.05) is 96.4 Å². The molecule has 0 spiro atoms. The Labute approximate surface area is 394 Å². The van der Waals surface area contributed by atoms with E-state index in [9.17, 15) is 24.0 Å². The summed E-state index contributed by atoms with van der Waals surface area (Å²) in [6.07, 6.45) is 9.52. The molecule has 5 atom stereocenters. The lowest BCUT2D eigenvalue weighted by molar-refractivity contribution is -0.132. The molecule has 378 valence electrons. The lowest BCUT2D eigenvalue weighted by atomic mass is 9.84. The van der Waals surface area contributed by atoms with Gasteiger partial charge in [-0.15, -0.1) is 0 Å². The summed E-state index contributed by atoms with van der Waals surface area (Å²) in [5.41, 5.74) is 0.316. The summed E-state index contributed by atoms with van der Waals surface area (Å²) >= 11 is 0. The van der Waals surface area contributed by atoms with Gasteiger partial charge in [-0.2, -0.15) is 0 Å². The van der Waals surface area contributed by atoms with E-state index in [4.69, 9.17) is 28.4 Å². The second kappa shape index (κ2) is 32.9. The molecule has 3 unspecified atom stereocenters. The van der Waals surface area contributed by atoms with E-state index < -0.39 is 35.7 Å². The molecule has 18 nitrogen and oxygen atoms in total. The minimum atomic E-state index is -0.716. The van der Waals surface area contributed by atoms with Crippen LogP contribution >= 0.6 is 0 Å².